The molecule has 0 rings (SSSR count). The van der Waals surface area contributed by atoms with Gasteiger partial charge < -0.3 is 5.32 Å². The van der Waals surface area contributed by atoms with E-state index < -0.39 is 0 Å². The topological polar surface area (TPSA) is 12.0 Å². The summed E-state index contributed by atoms with van der Waals surface area (Å²) in [4.78, 5) is 0. The summed E-state index contributed by atoms with van der Waals surface area (Å²) in [5, 5.41) is 2.93. The van der Waals surface area contributed by atoms with Gasteiger partial charge in [-0.1, -0.05) is 21.7 Å². The predicted octanol–water partition coefficient (Wildman–Crippen LogP) is 1.92. The molecule has 7 heavy (non-hydrogen) atoms. The van der Waals surface area contributed by atoms with Crippen molar-refractivity contribution in [3.05, 3.63) is 0 Å². The Hall–Kier alpha value is 0.250. The molecule has 0 saturated carbocycles. The van der Waals surface area contributed by atoms with Crippen LogP contribution in [0.2, 0.25) is 0 Å². The largest absolute Gasteiger partial charge is 0.320 e. The first-order valence-electron chi connectivity index (χ1n) is 3.56. The van der Waals surface area contributed by atoms with Crippen LogP contribution in [0.1, 0.15) is 24.5 Å². The molecule has 50 valence electrons. The Bertz CT molecular complexity index is 16.9. The third-order valence-corrected chi connectivity index (χ3v) is 0.354. The molecule has 1 nitrogen and oxygen atoms in total. The van der Waals surface area contributed by atoms with Gasteiger partial charge in [-0.05, 0) is 13.6 Å². The highest BCUT2D eigenvalue weighted by Crippen LogP contribution is 1.34. The van der Waals surface area contributed by atoms with Gasteiger partial charge in [0.2, 0.25) is 0 Å². The van der Waals surface area contributed by atoms with Crippen LogP contribution in [0, 0.1) is 0 Å². The summed E-state index contributed by atoms with van der Waals surface area (Å²) in [5.41, 5.74) is 0. The van der Waals surface area contributed by atoms with Crippen molar-refractivity contribution < 1.29 is 2.74 Å². The fraction of sp³-hybridized carbons (Fsp3) is 1.00. The molecule has 0 spiro atoms. The average Bonchev–Trinajstić information content (AvgIpc) is 1.96. The molecule has 1 N–H and O–H groups in total. The molecule has 0 aliphatic carbocycles. The fourth-order valence-electron chi connectivity index (χ4n) is 0. The van der Waals surface area contributed by atoms with E-state index in [4.69, 9.17) is 2.74 Å². The molecule has 0 atom stereocenters. The molecule has 2 heteroatoms. The Morgan fingerprint density at radius 1 is 1.86 bits per heavy atom. The first-order chi connectivity index (χ1) is 3.91. The van der Waals surface area contributed by atoms with E-state index in [9.17, 15) is 0 Å². The fourth-order valence-corrected chi connectivity index (χ4v) is 0. The molecule has 0 aromatic heterocycles. The molecule has 0 bridgehead atoms. The number of halogens is 1. The minimum absolute atomic E-state index is 0. The second-order valence-electron chi connectivity index (χ2n) is 0.707. The van der Waals surface area contributed by atoms with E-state index in [1.165, 1.54) is 14.8 Å². The standard InChI is InChI=1S/C3H9N.2CH4.ClH/c1-3-4-2;;;/h4H,3H2,1-2H3;2*1H4;1H/i;1T;1D;. The molecular weight excluding hydrogens is 110 g/mol. The van der Waals surface area contributed by atoms with Crippen LogP contribution in [0.25, 0.3) is 0 Å². The van der Waals surface area contributed by atoms with Crippen LogP contribution in [-0.4, -0.2) is 13.6 Å². The maximum absolute atomic E-state index is 5.75. The summed E-state index contributed by atoms with van der Waals surface area (Å²) in [6.45, 7) is 3.14. The zero-order chi connectivity index (χ0) is 7.41. The quantitative estimate of drug-likeness (QED) is 0.572. The first kappa shape index (κ1) is 10.3. The molecule has 0 fully saturated rings. The van der Waals surface area contributed by atoms with Crippen LogP contribution in [-0.2, 0) is 0 Å². The zero-order valence-electron chi connectivity index (χ0n) is 7.62. The Balaban J connectivity index is -0.0000000221. The molecule has 0 heterocycles. The van der Waals surface area contributed by atoms with Gasteiger partial charge in [0.15, 0.2) is 0 Å². The summed E-state index contributed by atoms with van der Waals surface area (Å²) in [6, 6.07) is 0. The molecule has 0 aliphatic heterocycles. The van der Waals surface area contributed by atoms with Crippen molar-refractivity contribution in [2.24, 2.45) is 0 Å². The van der Waals surface area contributed by atoms with E-state index >= 15 is 0 Å². The smallest absolute Gasteiger partial charge is 0.0194 e. The third kappa shape index (κ3) is 72.2. The van der Waals surface area contributed by atoms with Gasteiger partial charge in [0, 0.05) is 2.74 Å². The Labute approximate surface area is 56.7 Å². The van der Waals surface area contributed by atoms with E-state index in [1.54, 1.807) is 0 Å². The summed E-state index contributed by atoms with van der Waals surface area (Å²) in [6.07, 6.45) is 0. The maximum Gasteiger partial charge on any atom is 0.0194 e. The lowest BCUT2D eigenvalue weighted by Gasteiger charge is -1.76. The Kier molecular flexibility index (Phi) is 49.9. The number of hydrogen-bond acceptors (Lipinski definition) is 1. The molecule has 0 amide bonds. The molecule has 0 aromatic rings. The van der Waals surface area contributed by atoms with Crippen molar-refractivity contribution in [3.63, 3.8) is 0 Å². The predicted molar refractivity (Wildman–Crippen MR) is 40.3 cm³/mol. The van der Waals surface area contributed by atoms with Crippen LogP contribution in [0.15, 0.2) is 0 Å². The lowest BCUT2D eigenvalue weighted by Crippen LogP contribution is -2.01. The maximum atomic E-state index is 5.75. The number of nitrogens with one attached hydrogen (secondary N) is 1. The zero-order valence-corrected chi connectivity index (χ0v) is 6.43. The van der Waals surface area contributed by atoms with E-state index in [-0.39, 0.29) is 12.4 Å². The van der Waals surface area contributed by atoms with Gasteiger partial charge in [-0.3, -0.25) is 0 Å². The lowest BCUT2D eigenvalue weighted by molar-refractivity contribution is 0.864. The minimum atomic E-state index is 0. The van der Waals surface area contributed by atoms with Crippen molar-refractivity contribution in [3.8, 4) is 0 Å². The van der Waals surface area contributed by atoms with Gasteiger partial charge in [0.25, 0.3) is 0 Å². The van der Waals surface area contributed by atoms with E-state index in [2.05, 4.69) is 12.2 Å². The van der Waals surface area contributed by atoms with Gasteiger partial charge in [-0.2, -0.15) is 0 Å². The molecule has 0 unspecified atom stereocenters. The highest BCUT2D eigenvalue weighted by atomic mass is 35.5. The van der Waals surface area contributed by atoms with Crippen molar-refractivity contribution in [2.45, 2.75) is 21.7 Å². The molecule has 0 aliphatic rings. The minimum Gasteiger partial charge on any atom is -0.320 e. The van der Waals surface area contributed by atoms with Crippen LogP contribution in [0.3, 0.4) is 0 Å². The average molecular weight is 131 g/mol. The van der Waals surface area contributed by atoms with Gasteiger partial charge >= 0.3 is 0 Å². The SMILES string of the molecule is CCNC.Cl.[2H]C.[3H]C. The molecule has 0 aromatic carbocycles. The summed E-state index contributed by atoms with van der Waals surface area (Å²) in [7, 11) is 4.43. The third-order valence-electron chi connectivity index (χ3n) is 0.354. The molecule has 0 radical (unpaired) electrons. The summed E-state index contributed by atoms with van der Waals surface area (Å²) < 4.78 is 11.5. The molecule has 0 saturated heterocycles. The van der Waals surface area contributed by atoms with Crippen molar-refractivity contribution in [1.82, 2.24) is 5.32 Å². The van der Waals surface area contributed by atoms with Crippen LogP contribution in [0.4, 0.5) is 0 Å². The first-order valence-corrected chi connectivity index (χ1v) is 1.56. The highest BCUT2D eigenvalue weighted by Gasteiger charge is 1.50. The number of rotatable bonds is 1. The number of hydrogen-bond donors (Lipinski definition) is 1. The Morgan fingerprint density at radius 3 is 2.00 bits per heavy atom. The van der Waals surface area contributed by atoms with E-state index in [0.29, 0.717) is 0 Å². The van der Waals surface area contributed by atoms with Crippen molar-refractivity contribution >= 4 is 12.4 Å². The summed E-state index contributed by atoms with van der Waals surface area (Å²) >= 11 is 0. The van der Waals surface area contributed by atoms with Crippen LogP contribution in [0.5, 0.6) is 0 Å². The second kappa shape index (κ2) is 34.0. The monoisotopic (exact) mass is 130 g/mol. The summed E-state index contributed by atoms with van der Waals surface area (Å²) in [5.74, 6) is 0. The van der Waals surface area contributed by atoms with Crippen molar-refractivity contribution in [1.29, 1.82) is 0 Å². The van der Waals surface area contributed by atoms with Gasteiger partial charge in [-0.15, -0.1) is 12.4 Å². The second-order valence-corrected chi connectivity index (χ2v) is 0.707. The lowest BCUT2D eigenvalue weighted by atomic mass is 10.8. The normalized spacial score (nSPS) is 6.29. The van der Waals surface area contributed by atoms with Gasteiger partial charge in [-0.25, -0.2) is 0 Å². The van der Waals surface area contributed by atoms with Crippen LogP contribution < -0.4 is 5.32 Å². The Morgan fingerprint density at radius 2 is 2.00 bits per heavy atom. The van der Waals surface area contributed by atoms with E-state index in [0.717, 1.165) is 6.54 Å². The highest BCUT2D eigenvalue weighted by molar-refractivity contribution is 5.85. The van der Waals surface area contributed by atoms with E-state index in [1.807, 2.05) is 7.05 Å². The van der Waals surface area contributed by atoms with Crippen molar-refractivity contribution in [2.75, 3.05) is 13.6 Å². The molecular formula is C5H18ClN. The van der Waals surface area contributed by atoms with Crippen LogP contribution >= 0.6 is 12.4 Å². The van der Waals surface area contributed by atoms with Gasteiger partial charge in [0.1, 0.15) is 0 Å². The van der Waals surface area contributed by atoms with Gasteiger partial charge in [0.05, 0.1) is 0 Å².